The first-order valence-electron chi connectivity index (χ1n) is 7.04. The number of aromatic nitrogens is 4. The number of aliphatic hydroxyl groups excluding tert-OH is 1. The fourth-order valence-electron chi connectivity index (χ4n) is 2.83. The molecular weight excluding hydrogens is 268 g/mol. The average Bonchev–Trinajstić information content (AvgIpc) is 3.15. The van der Waals surface area contributed by atoms with Crippen LogP contribution in [0.1, 0.15) is 31.1 Å². The Bertz CT molecular complexity index is 786. The molecule has 1 fully saturated rings. The van der Waals surface area contributed by atoms with Crippen LogP contribution in [0, 0.1) is 0 Å². The predicted molar refractivity (Wildman–Crippen MR) is 75.4 cm³/mol. The number of hydrogen-bond acceptors (Lipinski definition) is 6. The van der Waals surface area contributed by atoms with Crippen molar-refractivity contribution in [3.63, 3.8) is 0 Å². The van der Waals surface area contributed by atoms with Crippen LogP contribution in [0.2, 0.25) is 0 Å². The lowest BCUT2D eigenvalue weighted by Crippen LogP contribution is -2.11. The Balaban J connectivity index is 1.70. The highest BCUT2D eigenvalue weighted by atomic mass is 16.5. The van der Waals surface area contributed by atoms with Crippen molar-refractivity contribution in [3.8, 4) is 11.4 Å². The van der Waals surface area contributed by atoms with Gasteiger partial charge in [-0.2, -0.15) is 4.98 Å². The topological polar surface area (TPSA) is 84.9 Å². The normalized spacial score (nSPS) is 22.0. The van der Waals surface area contributed by atoms with E-state index in [0.29, 0.717) is 11.7 Å². The predicted octanol–water partition coefficient (Wildman–Crippen LogP) is 2.31. The summed E-state index contributed by atoms with van der Waals surface area (Å²) >= 11 is 0. The standard InChI is InChI=1S/C15H14N4O2/c20-13-3-1-2-10(13)15-18-14(19-21-15)9-4-5-11-12(8-9)17-7-6-16-11/h4-8,10,13,20H,1-3H2. The largest absolute Gasteiger partial charge is 0.392 e. The first kappa shape index (κ1) is 12.4. The second kappa shape index (κ2) is 4.89. The molecule has 4 rings (SSSR count). The molecule has 3 aromatic rings. The summed E-state index contributed by atoms with van der Waals surface area (Å²) in [6.45, 7) is 0. The van der Waals surface area contributed by atoms with Crippen LogP contribution in [-0.4, -0.2) is 31.3 Å². The van der Waals surface area contributed by atoms with E-state index in [9.17, 15) is 5.11 Å². The Morgan fingerprint density at radius 3 is 2.76 bits per heavy atom. The van der Waals surface area contributed by atoms with E-state index in [1.54, 1.807) is 12.4 Å². The summed E-state index contributed by atoms with van der Waals surface area (Å²) in [5.74, 6) is 1.01. The van der Waals surface area contributed by atoms with Gasteiger partial charge in [0.05, 0.1) is 23.1 Å². The maximum Gasteiger partial charge on any atom is 0.232 e. The van der Waals surface area contributed by atoms with E-state index in [0.717, 1.165) is 35.9 Å². The van der Waals surface area contributed by atoms with Crippen LogP contribution in [-0.2, 0) is 0 Å². The van der Waals surface area contributed by atoms with Crippen molar-refractivity contribution < 1.29 is 9.63 Å². The fourth-order valence-corrected chi connectivity index (χ4v) is 2.83. The van der Waals surface area contributed by atoms with Crippen molar-refractivity contribution in [3.05, 3.63) is 36.5 Å². The minimum Gasteiger partial charge on any atom is -0.392 e. The highest BCUT2D eigenvalue weighted by Crippen LogP contribution is 2.34. The van der Waals surface area contributed by atoms with Gasteiger partial charge in [-0.3, -0.25) is 9.97 Å². The Morgan fingerprint density at radius 1 is 1.10 bits per heavy atom. The van der Waals surface area contributed by atoms with E-state index in [4.69, 9.17) is 4.52 Å². The minimum absolute atomic E-state index is 0.0356. The summed E-state index contributed by atoms with van der Waals surface area (Å²) in [7, 11) is 0. The molecule has 1 saturated carbocycles. The van der Waals surface area contributed by atoms with Gasteiger partial charge in [0.25, 0.3) is 0 Å². The van der Waals surface area contributed by atoms with Crippen LogP contribution < -0.4 is 0 Å². The van der Waals surface area contributed by atoms with Gasteiger partial charge in [0.1, 0.15) is 0 Å². The molecule has 0 amide bonds. The molecule has 1 aromatic carbocycles. The molecule has 6 nitrogen and oxygen atoms in total. The molecular formula is C15H14N4O2. The van der Waals surface area contributed by atoms with Crippen molar-refractivity contribution in [2.45, 2.75) is 31.3 Å². The zero-order chi connectivity index (χ0) is 14.2. The molecule has 2 unspecified atom stereocenters. The van der Waals surface area contributed by atoms with Crippen LogP contribution in [0.15, 0.2) is 35.1 Å². The molecule has 6 heteroatoms. The second-order valence-corrected chi connectivity index (χ2v) is 5.32. The zero-order valence-electron chi connectivity index (χ0n) is 11.3. The summed E-state index contributed by atoms with van der Waals surface area (Å²) in [5, 5.41) is 13.9. The summed E-state index contributed by atoms with van der Waals surface area (Å²) in [6.07, 6.45) is 5.63. The Kier molecular flexibility index (Phi) is 2.89. The van der Waals surface area contributed by atoms with Crippen LogP contribution in [0.5, 0.6) is 0 Å². The summed E-state index contributed by atoms with van der Waals surface area (Å²) < 4.78 is 5.33. The first-order valence-corrected chi connectivity index (χ1v) is 7.04. The van der Waals surface area contributed by atoms with Gasteiger partial charge in [-0.05, 0) is 37.5 Å². The van der Waals surface area contributed by atoms with Gasteiger partial charge in [-0.15, -0.1) is 0 Å². The van der Waals surface area contributed by atoms with Crippen molar-refractivity contribution in [2.75, 3.05) is 0 Å². The Labute approximate surface area is 120 Å². The highest BCUT2D eigenvalue weighted by Gasteiger charge is 2.31. The average molecular weight is 282 g/mol. The maximum absolute atomic E-state index is 9.92. The van der Waals surface area contributed by atoms with Gasteiger partial charge < -0.3 is 9.63 Å². The molecule has 2 heterocycles. The van der Waals surface area contributed by atoms with Gasteiger partial charge in [-0.25, -0.2) is 0 Å². The van der Waals surface area contributed by atoms with Gasteiger partial charge in [0.15, 0.2) is 0 Å². The van der Waals surface area contributed by atoms with Gasteiger partial charge in [-0.1, -0.05) is 5.16 Å². The highest BCUT2D eigenvalue weighted by molar-refractivity contribution is 5.79. The summed E-state index contributed by atoms with van der Waals surface area (Å²) in [6, 6.07) is 5.68. The van der Waals surface area contributed by atoms with Gasteiger partial charge >= 0.3 is 0 Å². The van der Waals surface area contributed by atoms with E-state index in [2.05, 4.69) is 20.1 Å². The molecule has 2 aromatic heterocycles. The van der Waals surface area contributed by atoms with Crippen molar-refractivity contribution in [1.82, 2.24) is 20.1 Å². The minimum atomic E-state index is -0.374. The lowest BCUT2D eigenvalue weighted by Gasteiger charge is -2.07. The third-order valence-corrected chi connectivity index (χ3v) is 3.97. The number of fused-ring (bicyclic) bond motifs is 1. The third kappa shape index (κ3) is 2.17. The van der Waals surface area contributed by atoms with Crippen LogP contribution >= 0.6 is 0 Å². The molecule has 0 spiro atoms. The quantitative estimate of drug-likeness (QED) is 0.776. The number of nitrogens with zero attached hydrogens (tertiary/aromatic N) is 4. The molecule has 2 atom stereocenters. The van der Waals surface area contributed by atoms with E-state index in [-0.39, 0.29) is 12.0 Å². The van der Waals surface area contributed by atoms with E-state index in [1.807, 2.05) is 18.2 Å². The monoisotopic (exact) mass is 282 g/mol. The molecule has 21 heavy (non-hydrogen) atoms. The van der Waals surface area contributed by atoms with E-state index >= 15 is 0 Å². The van der Waals surface area contributed by atoms with Gasteiger partial charge in [0, 0.05) is 18.0 Å². The molecule has 0 saturated heterocycles. The number of rotatable bonds is 2. The molecule has 1 aliphatic rings. The van der Waals surface area contributed by atoms with Gasteiger partial charge in [0.2, 0.25) is 11.7 Å². The van der Waals surface area contributed by atoms with Crippen molar-refractivity contribution in [1.29, 1.82) is 0 Å². The molecule has 0 bridgehead atoms. The third-order valence-electron chi connectivity index (χ3n) is 3.97. The number of benzene rings is 1. The van der Waals surface area contributed by atoms with Crippen molar-refractivity contribution >= 4 is 11.0 Å². The molecule has 1 aliphatic carbocycles. The second-order valence-electron chi connectivity index (χ2n) is 5.32. The smallest absolute Gasteiger partial charge is 0.232 e. The number of aliphatic hydroxyl groups is 1. The lowest BCUT2D eigenvalue weighted by molar-refractivity contribution is 0.148. The van der Waals surface area contributed by atoms with Crippen LogP contribution in [0.25, 0.3) is 22.4 Å². The van der Waals surface area contributed by atoms with Crippen LogP contribution in [0.3, 0.4) is 0 Å². The fraction of sp³-hybridized carbons (Fsp3) is 0.333. The van der Waals surface area contributed by atoms with E-state index in [1.165, 1.54) is 0 Å². The first-order chi connectivity index (χ1) is 10.3. The number of hydrogen-bond donors (Lipinski definition) is 1. The Morgan fingerprint density at radius 2 is 1.95 bits per heavy atom. The molecule has 0 aliphatic heterocycles. The molecule has 1 N–H and O–H groups in total. The van der Waals surface area contributed by atoms with E-state index < -0.39 is 0 Å². The summed E-state index contributed by atoms with van der Waals surface area (Å²) in [5.41, 5.74) is 2.46. The van der Waals surface area contributed by atoms with Crippen molar-refractivity contribution in [2.24, 2.45) is 0 Å². The molecule has 106 valence electrons. The molecule has 0 radical (unpaired) electrons. The summed E-state index contributed by atoms with van der Waals surface area (Å²) in [4.78, 5) is 12.9. The SMILES string of the molecule is OC1CCCC1c1nc(-c2ccc3nccnc3c2)no1. The van der Waals surface area contributed by atoms with Crippen LogP contribution in [0.4, 0.5) is 0 Å². The Hall–Kier alpha value is -2.34. The lowest BCUT2D eigenvalue weighted by atomic mass is 10.1. The maximum atomic E-state index is 9.92. The zero-order valence-corrected chi connectivity index (χ0v) is 11.3.